The minimum absolute atomic E-state index is 0.156. The Morgan fingerprint density at radius 1 is 1.30 bits per heavy atom. The van der Waals surface area contributed by atoms with E-state index >= 15 is 0 Å². The monoisotopic (exact) mass is 375 g/mol. The molecular formula is C19H25N3O5. The minimum Gasteiger partial charge on any atom is -0.445 e. The average Bonchev–Trinajstić information content (AvgIpc) is 2.60. The van der Waals surface area contributed by atoms with Crippen molar-refractivity contribution in [3.63, 3.8) is 0 Å². The van der Waals surface area contributed by atoms with Crippen LogP contribution in [0.1, 0.15) is 32.8 Å². The van der Waals surface area contributed by atoms with E-state index in [4.69, 9.17) is 9.47 Å². The highest BCUT2D eigenvalue weighted by atomic mass is 16.6. The molecule has 2 atom stereocenters. The molecule has 8 heteroatoms. The number of aliphatic imine (C=N–C) groups is 1. The lowest BCUT2D eigenvalue weighted by atomic mass is 10.0. The maximum absolute atomic E-state index is 12.3. The van der Waals surface area contributed by atoms with E-state index in [0.29, 0.717) is 13.0 Å². The molecule has 1 fully saturated rings. The summed E-state index contributed by atoms with van der Waals surface area (Å²) in [5.41, 5.74) is 0.255. The van der Waals surface area contributed by atoms with Gasteiger partial charge in [0.25, 0.3) is 0 Å². The van der Waals surface area contributed by atoms with Gasteiger partial charge in [-0.2, -0.15) is 4.99 Å². The summed E-state index contributed by atoms with van der Waals surface area (Å²) in [6.45, 7) is 5.98. The highest BCUT2D eigenvalue weighted by Gasteiger charge is 2.34. The van der Waals surface area contributed by atoms with Gasteiger partial charge in [-0.05, 0) is 32.8 Å². The number of likely N-dealkylation sites (tertiary alicyclic amines) is 1. The lowest BCUT2D eigenvalue weighted by Crippen LogP contribution is -2.55. The van der Waals surface area contributed by atoms with Crippen LogP contribution in [0.25, 0.3) is 0 Å². The Labute approximate surface area is 158 Å². The molecule has 8 nitrogen and oxygen atoms in total. The van der Waals surface area contributed by atoms with E-state index in [1.165, 1.54) is 11.0 Å². The number of nitrogens with one attached hydrogen (secondary N) is 1. The van der Waals surface area contributed by atoms with Gasteiger partial charge in [-0.3, -0.25) is 0 Å². The zero-order valence-electron chi connectivity index (χ0n) is 15.8. The lowest BCUT2D eigenvalue weighted by Gasteiger charge is -2.35. The molecule has 146 valence electrons. The van der Waals surface area contributed by atoms with Crippen LogP contribution < -0.4 is 5.32 Å². The third-order valence-electron chi connectivity index (χ3n) is 3.97. The van der Waals surface area contributed by atoms with Crippen LogP contribution in [0.4, 0.5) is 9.59 Å². The summed E-state index contributed by atoms with van der Waals surface area (Å²) >= 11 is 0. The van der Waals surface area contributed by atoms with E-state index in [-0.39, 0.29) is 13.2 Å². The number of isocyanates is 1. The summed E-state index contributed by atoms with van der Waals surface area (Å²) in [7, 11) is 0. The van der Waals surface area contributed by atoms with Gasteiger partial charge >= 0.3 is 12.2 Å². The van der Waals surface area contributed by atoms with Crippen molar-refractivity contribution in [3.8, 4) is 0 Å². The number of rotatable bonds is 4. The molecule has 0 spiro atoms. The van der Waals surface area contributed by atoms with Gasteiger partial charge in [-0.1, -0.05) is 30.3 Å². The van der Waals surface area contributed by atoms with Crippen LogP contribution in [0.2, 0.25) is 0 Å². The van der Waals surface area contributed by atoms with Crippen LogP contribution in [0.5, 0.6) is 0 Å². The first-order chi connectivity index (χ1) is 12.8. The van der Waals surface area contributed by atoms with Crippen molar-refractivity contribution in [1.29, 1.82) is 0 Å². The quantitative estimate of drug-likeness (QED) is 0.644. The number of carbonyl (C=O) groups excluding carboxylic acids is 3. The molecule has 1 aromatic carbocycles. The van der Waals surface area contributed by atoms with Crippen LogP contribution in [0.15, 0.2) is 35.3 Å². The summed E-state index contributed by atoms with van der Waals surface area (Å²) in [4.78, 5) is 40.2. The molecule has 2 rings (SSSR count). The van der Waals surface area contributed by atoms with Gasteiger partial charge in [0, 0.05) is 13.1 Å². The SMILES string of the molecule is CC(C)(C)OC(=O)N[C@H]1CCN(C(=O)OCc2ccccc2)C[C@@H]1N=C=O. The minimum atomic E-state index is -0.630. The molecule has 27 heavy (non-hydrogen) atoms. The van der Waals surface area contributed by atoms with Gasteiger partial charge in [0.2, 0.25) is 6.08 Å². The molecule has 1 N–H and O–H groups in total. The number of amides is 2. The molecule has 0 aliphatic carbocycles. The number of nitrogens with zero attached hydrogens (tertiary/aromatic N) is 2. The first-order valence-electron chi connectivity index (χ1n) is 8.80. The second-order valence-electron chi connectivity index (χ2n) is 7.32. The third kappa shape index (κ3) is 6.75. The van der Waals surface area contributed by atoms with Crippen molar-refractivity contribution in [3.05, 3.63) is 35.9 Å². The van der Waals surface area contributed by atoms with Crippen molar-refractivity contribution in [2.75, 3.05) is 13.1 Å². The molecule has 2 amide bonds. The smallest absolute Gasteiger partial charge is 0.410 e. The zero-order chi connectivity index (χ0) is 19.9. The van der Waals surface area contributed by atoms with E-state index in [9.17, 15) is 14.4 Å². The lowest BCUT2D eigenvalue weighted by molar-refractivity contribution is 0.0456. The fourth-order valence-corrected chi connectivity index (χ4v) is 2.73. The normalized spacial score (nSPS) is 19.6. The third-order valence-corrected chi connectivity index (χ3v) is 3.97. The van der Waals surface area contributed by atoms with Crippen molar-refractivity contribution in [2.45, 2.75) is 51.5 Å². The summed E-state index contributed by atoms with van der Waals surface area (Å²) in [6, 6.07) is 8.33. The fourth-order valence-electron chi connectivity index (χ4n) is 2.73. The number of carbonyl (C=O) groups is 2. The molecule has 1 heterocycles. The van der Waals surface area contributed by atoms with E-state index < -0.39 is 29.9 Å². The van der Waals surface area contributed by atoms with Crippen molar-refractivity contribution < 1.29 is 23.9 Å². The number of ether oxygens (including phenoxy) is 2. The second-order valence-corrected chi connectivity index (χ2v) is 7.32. The molecule has 0 saturated carbocycles. The molecule has 0 aromatic heterocycles. The average molecular weight is 375 g/mol. The van der Waals surface area contributed by atoms with Crippen LogP contribution in [-0.4, -0.2) is 53.9 Å². The Hall–Kier alpha value is -2.86. The molecule has 1 saturated heterocycles. The summed E-state index contributed by atoms with van der Waals surface area (Å²) < 4.78 is 10.5. The van der Waals surface area contributed by atoms with Crippen molar-refractivity contribution in [1.82, 2.24) is 10.2 Å². The number of benzene rings is 1. The molecular weight excluding hydrogens is 350 g/mol. The van der Waals surface area contributed by atoms with E-state index in [2.05, 4.69) is 10.3 Å². The van der Waals surface area contributed by atoms with E-state index in [1.54, 1.807) is 20.8 Å². The maximum Gasteiger partial charge on any atom is 0.410 e. The van der Waals surface area contributed by atoms with Crippen LogP contribution in [0.3, 0.4) is 0 Å². The van der Waals surface area contributed by atoms with Gasteiger partial charge in [-0.15, -0.1) is 0 Å². The van der Waals surface area contributed by atoms with Gasteiger partial charge in [0.05, 0.1) is 6.04 Å². The van der Waals surface area contributed by atoms with Crippen molar-refractivity contribution in [2.24, 2.45) is 4.99 Å². The van der Waals surface area contributed by atoms with Crippen molar-refractivity contribution >= 4 is 18.3 Å². The number of piperidine rings is 1. The maximum atomic E-state index is 12.3. The zero-order valence-corrected chi connectivity index (χ0v) is 15.8. The number of hydrogen-bond donors (Lipinski definition) is 1. The van der Waals surface area contributed by atoms with E-state index in [0.717, 1.165) is 5.56 Å². The molecule has 0 bridgehead atoms. The first-order valence-corrected chi connectivity index (χ1v) is 8.80. The van der Waals surface area contributed by atoms with E-state index in [1.807, 2.05) is 30.3 Å². The van der Waals surface area contributed by atoms with Gasteiger partial charge in [0.15, 0.2) is 0 Å². The summed E-state index contributed by atoms with van der Waals surface area (Å²) in [5, 5.41) is 2.72. The Morgan fingerprint density at radius 2 is 2.00 bits per heavy atom. The topological polar surface area (TPSA) is 97.3 Å². The Balaban J connectivity index is 1.91. The Morgan fingerprint density at radius 3 is 2.63 bits per heavy atom. The molecule has 1 aliphatic rings. The summed E-state index contributed by atoms with van der Waals surface area (Å²) in [5.74, 6) is 0. The fraction of sp³-hybridized carbons (Fsp3) is 0.526. The highest BCUT2D eigenvalue weighted by Crippen LogP contribution is 2.17. The van der Waals surface area contributed by atoms with Gasteiger partial charge in [0.1, 0.15) is 18.2 Å². The van der Waals surface area contributed by atoms with Gasteiger partial charge in [-0.25, -0.2) is 14.4 Å². The van der Waals surface area contributed by atoms with Crippen LogP contribution in [0, 0.1) is 0 Å². The largest absolute Gasteiger partial charge is 0.445 e. The van der Waals surface area contributed by atoms with Gasteiger partial charge < -0.3 is 19.7 Å². The number of alkyl carbamates (subject to hydrolysis) is 1. The molecule has 0 unspecified atom stereocenters. The van der Waals surface area contributed by atoms with Crippen LogP contribution in [-0.2, 0) is 20.9 Å². The highest BCUT2D eigenvalue weighted by molar-refractivity contribution is 5.69. The Kier molecular flexibility index (Phi) is 6.96. The molecule has 0 radical (unpaired) electrons. The second kappa shape index (κ2) is 9.19. The molecule has 1 aliphatic heterocycles. The predicted octanol–water partition coefficient (Wildman–Crippen LogP) is 2.63. The number of hydrogen-bond acceptors (Lipinski definition) is 6. The predicted molar refractivity (Wildman–Crippen MR) is 97.9 cm³/mol. The standard InChI is InChI=1S/C19H25N3O5/c1-19(2,3)27-17(24)21-15-9-10-22(11-16(15)20-13-23)18(25)26-12-14-7-5-4-6-8-14/h4-8,15-16H,9-12H2,1-3H3,(H,21,24)/t15-,16-/m0/s1. The van der Waals surface area contributed by atoms with Crippen LogP contribution >= 0.6 is 0 Å². The molecule has 1 aromatic rings. The Bertz CT molecular complexity index is 695. The first kappa shape index (κ1) is 20.5. The summed E-state index contributed by atoms with van der Waals surface area (Å²) in [6.07, 6.45) is 0.866.